The molecule has 4 heteroatoms. The first-order valence-electron chi connectivity index (χ1n) is 6.81. The van der Waals surface area contributed by atoms with Crippen LogP contribution in [0.25, 0.3) is 0 Å². The number of hydrogen-bond donors (Lipinski definition) is 2. The Bertz CT molecular complexity index is 285. The zero-order valence-electron chi connectivity index (χ0n) is 11.3. The second-order valence-electron chi connectivity index (χ2n) is 4.60. The van der Waals surface area contributed by atoms with Crippen molar-refractivity contribution in [1.82, 2.24) is 0 Å². The summed E-state index contributed by atoms with van der Waals surface area (Å²) in [4.78, 5) is 21.4. The van der Waals surface area contributed by atoms with E-state index < -0.39 is 11.9 Å². The molecule has 0 aromatic rings. The molecule has 3 N–H and O–H groups in total. The van der Waals surface area contributed by atoms with Crippen molar-refractivity contribution in [2.24, 2.45) is 5.73 Å². The molecule has 104 valence electrons. The van der Waals surface area contributed by atoms with E-state index in [0.717, 1.165) is 25.3 Å². The van der Waals surface area contributed by atoms with E-state index in [0.29, 0.717) is 6.42 Å². The Morgan fingerprint density at radius 2 is 1.50 bits per heavy atom. The van der Waals surface area contributed by atoms with Gasteiger partial charge in [-0.25, -0.2) is 4.79 Å². The molecule has 1 amide bonds. The molecule has 0 saturated heterocycles. The summed E-state index contributed by atoms with van der Waals surface area (Å²) in [6, 6.07) is 0. The first-order chi connectivity index (χ1) is 8.57. The number of hydrogen-bond acceptors (Lipinski definition) is 2. The fourth-order valence-corrected chi connectivity index (χ4v) is 1.86. The summed E-state index contributed by atoms with van der Waals surface area (Å²) < 4.78 is 0. The van der Waals surface area contributed by atoms with Crippen molar-refractivity contribution in [3.8, 4) is 0 Å². The van der Waals surface area contributed by atoms with Gasteiger partial charge in [-0.1, -0.05) is 51.9 Å². The van der Waals surface area contributed by atoms with Gasteiger partial charge >= 0.3 is 5.97 Å². The minimum Gasteiger partial charge on any atom is -0.478 e. The monoisotopic (exact) mass is 255 g/mol. The molecule has 0 aliphatic rings. The van der Waals surface area contributed by atoms with Gasteiger partial charge in [-0.3, -0.25) is 4.79 Å². The average molecular weight is 255 g/mol. The van der Waals surface area contributed by atoms with Crippen molar-refractivity contribution in [2.75, 3.05) is 0 Å². The first-order valence-corrected chi connectivity index (χ1v) is 6.81. The van der Waals surface area contributed by atoms with Crippen molar-refractivity contribution >= 4 is 11.9 Å². The molecule has 0 rings (SSSR count). The number of rotatable bonds is 11. The Balaban J connectivity index is 3.63. The van der Waals surface area contributed by atoms with E-state index in [9.17, 15) is 9.59 Å². The number of carbonyl (C=O) groups excluding carboxylic acids is 1. The molecule has 0 aliphatic carbocycles. The number of primary amides is 1. The van der Waals surface area contributed by atoms with E-state index in [1.807, 2.05) is 0 Å². The lowest BCUT2D eigenvalue weighted by Crippen LogP contribution is -2.11. The smallest absolute Gasteiger partial charge is 0.331 e. The molecule has 0 saturated carbocycles. The Morgan fingerprint density at radius 1 is 1.00 bits per heavy atom. The van der Waals surface area contributed by atoms with Crippen LogP contribution in [-0.2, 0) is 9.59 Å². The summed E-state index contributed by atoms with van der Waals surface area (Å²) in [5, 5.41) is 8.85. The molecular formula is C14H25NO3. The second kappa shape index (κ2) is 10.8. The maximum atomic E-state index is 10.8. The van der Waals surface area contributed by atoms with Crippen LogP contribution < -0.4 is 5.73 Å². The lowest BCUT2D eigenvalue weighted by atomic mass is 10.0. The highest BCUT2D eigenvalue weighted by atomic mass is 16.4. The SMILES string of the molecule is CCCCCCCCCC/C(=C/C(N)=O)C(=O)O. The van der Waals surface area contributed by atoms with E-state index in [1.165, 1.54) is 32.1 Å². The zero-order chi connectivity index (χ0) is 13.8. The summed E-state index contributed by atoms with van der Waals surface area (Å²) in [7, 11) is 0. The molecule has 0 aliphatic heterocycles. The number of unbranched alkanes of at least 4 members (excludes halogenated alkanes) is 7. The third-order valence-electron chi connectivity index (χ3n) is 2.89. The lowest BCUT2D eigenvalue weighted by Gasteiger charge is -2.03. The molecule has 0 unspecified atom stereocenters. The quantitative estimate of drug-likeness (QED) is 0.440. The molecule has 0 spiro atoms. The molecular weight excluding hydrogens is 230 g/mol. The summed E-state index contributed by atoms with van der Waals surface area (Å²) in [6.45, 7) is 2.19. The van der Waals surface area contributed by atoms with Crippen LogP contribution in [0.3, 0.4) is 0 Å². The molecule has 0 atom stereocenters. The van der Waals surface area contributed by atoms with Crippen molar-refractivity contribution in [3.63, 3.8) is 0 Å². The minimum atomic E-state index is -1.04. The first kappa shape index (κ1) is 16.7. The number of aliphatic carboxylic acids is 1. The van der Waals surface area contributed by atoms with Gasteiger partial charge < -0.3 is 10.8 Å². The number of carboxylic acid groups (broad SMARTS) is 1. The summed E-state index contributed by atoms with van der Waals surface area (Å²) in [5.74, 6) is -1.73. The maximum absolute atomic E-state index is 10.8. The van der Waals surface area contributed by atoms with Crippen LogP contribution in [0.15, 0.2) is 11.6 Å². The highest BCUT2D eigenvalue weighted by molar-refractivity contribution is 5.96. The van der Waals surface area contributed by atoms with Crippen LogP contribution in [0, 0.1) is 0 Å². The summed E-state index contributed by atoms with van der Waals surface area (Å²) in [6.07, 6.45) is 10.7. The van der Waals surface area contributed by atoms with Gasteiger partial charge in [0, 0.05) is 11.6 Å². The third kappa shape index (κ3) is 9.87. The average Bonchev–Trinajstić information content (AvgIpc) is 2.30. The third-order valence-corrected chi connectivity index (χ3v) is 2.89. The van der Waals surface area contributed by atoms with Gasteiger partial charge in [0.15, 0.2) is 0 Å². The van der Waals surface area contributed by atoms with E-state index in [1.54, 1.807) is 0 Å². The summed E-state index contributed by atoms with van der Waals surface area (Å²) in [5.41, 5.74) is 5.07. The molecule has 0 fully saturated rings. The molecule has 0 heterocycles. The second-order valence-corrected chi connectivity index (χ2v) is 4.60. The van der Waals surface area contributed by atoms with E-state index in [-0.39, 0.29) is 5.57 Å². The molecule has 0 bridgehead atoms. The van der Waals surface area contributed by atoms with Crippen LogP contribution in [-0.4, -0.2) is 17.0 Å². The Morgan fingerprint density at radius 3 is 1.94 bits per heavy atom. The predicted molar refractivity (Wildman–Crippen MR) is 72.1 cm³/mol. The Labute approximate surface area is 109 Å². The van der Waals surface area contributed by atoms with Gasteiger partial charge in [0.25, 0.3) is 0 Å². The standard InChI is InChI=1S/C14H25NO3/c1-2-3-4-5-6-7-8-9-10-12(14(17)18)11-13(15)16/h11H,2-10H2,1H3,(H2,15,16)(H,17,18)/b12-11-. The van der Waals surface area contributed by atoms with E-state index in [2.05, 4.69) is 6.92 Å². The molecule has 0 aromatic carbocycles. The fraction of sp³-hybridized carbons (Fsp3) is 0.714. The number of amides is 1. The zero-order valence-corrected chi connectivity index (χ0v) is 11.3. The van der Waals surface area contributed by atoms with Gasteiger partial charge in [-0.15, -0.1) is 0 Å². The molecule has 18 heavy (non-hydrogen) atoms. The van der Waals surface area contributed by atoms with Crippen LogP contribution >= 0.6 is 0 Å². The van der Waals surface area contributed by atoms with Gasteiger partial charge in [0.05, 0.1) is 0 Å². The largest absolute Gasteiger partial charge is 0.478 e. The van der Waals surface area contributed by atoms with E-state index in [4.69, 9.17) is 10.8 Å². The van der Waals surface area contributed by atoms with Crippen molar-refractivity contribution in [2.45, 2.75) is 64.7 Å². The molecule has 0 radical (unpaired) electrons. The number of carbonyl (C=O) groups is 2. The Kier molecular flexibility index (Phi) is 10.0. The fourth-order valence-electron chi connectivity index (χ4n) is 1.86. The lowest BCUT2D eigenvalue weighted by molar-refractivity contribution is -0.133. The normalized spacial score (nSPS) is 11.5. The van der Waals surface area contributed by atoms with Crippen LogP contribution in [0.4, 0.5) is 0 Å². The highest BCUT2D eigenvalue weighted by Gasteiger charge is 2.07. The Hall–Kier alpha value is -1.32. The molecule has 4 nitrogen and oxygen atoms in total. The minimum absolute atomic E-state index is 0.119. The van der Waals surface area contributed by atoms with Crippen LogP contribution in [0.5, 0.6) is 0 Å². The van der Waals surface area contributed by atoms with Crippen molar-refractivity contribution < 1.29 is 14.7 Å². The van der Waals surface area contributed by atoms with Crippen LogP contribution in [0.1, 0.15) is 64.7 Å². The van der Waals surface area contributed by atoms with Gasteiger partial charge in [0.2, 0.25) is 5.91 Å². The predicted octanol–water partition coefficient (Wildman–Crippen LogP) is 3.01. The molecule has 0 aromatic heterocycles. The van der Waals surface area contributed by atoms with Gasteiger partial charge in [-0.05, 0) is 12.8 Å². The van der Waals surface area contributed by atoms with E-state index >= 15 is 0 Å². The van der Waals surface area contributed by atoms with Gasteiger partial charge in [-0.2, -0.15) is 0 Å². The summed E-state index contributed by atoms with van der Waals surface area (Å²) >= 11 is 0. The van der Waals surface area contributed by atoms with Crippen molar-refractivity contribution in [1.29, 1.82) is 0 Å². The van der Waals surface area contributed by atoms with Crippen molar-refractivity contribution in [3.05, 3.63) is 11.6 Å². The number of carboxylic acids is 1. The topological polar surface area (TPSA) is 80.4 Å². The maximum Gasteiger partial charge on any atom is 0.331 e. The van der Waals surface area contributed by atoms with Gasteiger partial charge in [0.1, 0.15) is 0 Å². The highest BCUT2D eigenvalue weighted by Crippen LogP contribution is 2.13. The van der Waals surface area contributed by atoms with Crippen LogP contribution in [0.2, 0.25) is 0 Å². The number of nitrogens with two attached hydrogens (primary N) is 1.